The maximum atomic E-state index is 11.1. The van der Waals surface area contributed by atoms with Gasteiger partial charge in [-0.25, -0.2) is 4.79 Å². The molecule has 1 aliphatic carbocycles. The van der Waals surface area contributed by atoms with Crippen LogP contribution in [0.5, 0.6) is 5.75 Å². The second-order valence-corrected chi connectivity index (χ2v) is 4.23. The fraction of sp³-hybridized carbons (Fsp3) is 0.308. The molecular formula is C13H13NO5. The van der Waals surface area contributed by atoms with Gasteiger partial charge in [0.15, 0.2) is 0 Å². The number of para-hydroxylation sites is 1. The molecule has 2 rings (SSSR count). The first-order chi connectivity index (χ1) is 9.09. The van der Waals surface area contributed by atoms with Crippen molar-refractivity contribution >= 4 is 11.7 Å². The Kier molecular flexibility index (Phi) is 3.79. The molecule has 100 valence electrons. The molecule has 1 aromatic rings. The highest BCUT2D eigenvalue weighted by atomic mass is 16.6. The van der Waals surface area contributed by atoms with E-state index in [0.717, 1.165) is 19.3 Å². The van der Waals surface area contributed by atoms with Gasteiger partial charge in [-0.05, 0) is 31.4 Å². The fourth-order valence-corrected chi connectivity index (χ4v) is 1.99. The van der Waals surface area contributed by atoms with Crippen molar-refractivity contribution in [2.45, 2.75) is 25.4 Å². The molecule has 1 atom stereocenters. The summed E-state index contributed by atoms with van der Waals surface area (Å²) in [7, 11) is 0. The van der Waals surface area contributed by atoms with Crippen LogP contribution in [-0.4, -0.2) is 22.1 Å². The lowest BCUT2D eigenvalue weighted by molar-refractivity contribution is -0.386. The molecular weight excluding hydrogens is 250 g/mol. The van der Waals surface area contributed by atoms with Crippen LogP contribution in [0, 0.1) is 10.1 Å². The Morgan fingerprint density at radius 3 is 2.84 bits per heavy atom. The van der Waals surface area contributed by atoms with Gasteiger partial charge in [0.1, 0.15) is 11.7 Å². The van der Waals surface area contributed by atoms with E-state index in [1.54, 1.807) is 0 Å². The molecule has 19 heavy (non-hydrogen) atoms. The highest BCUT2D eigenvalue weighted by molar-refractivity contribution is 5.92. The van der Waals surface area contributed by atoms with E-state index >= 15 is 0 Å². The minimum absolute atomic E-state index is 0.170. The maximum absolute atomic E-state index is 11.1. The third-order valence-corrected chi connectivity index (χ3v) is 2.90. The molecule has 1 aliphatic rings. The molecule has 6 nitrogen and oxygen atoms in total. The summed E-state index contributed by atoms with van der Waals surface area (Å²) >= 11 is 0. The van der Waals surface area contributed by atoms with Gasteiger partial charge in [-0.1, -0.05) is 12.1 Å². The smallest absolute Gasteiger partial charge is 0.339 e. The summed E-state index contributed by atoms with van der Waals surface area (Å²) in [6.45, 7) is 0. The summed E-state index contributed by atoms with van der Waals surface area (Å²) in [5.41, 5.74) is -0.507. The molecule has 0 aromatic heterocycles. The number of allylic oxidation sites excluding steroid dienone is 1. The number of nitro groups is 1. The van der Waals surface area contributed by atoms with E-state index < -0.39 is 10.9 Å². The number of nitro benzene ring substituents is 1. The summed E-state index contributed by atoms with van der Waals surface area (Å²) in [4.78, 5) is 21.4. The van der Waals surface area contributed by atoms with Crippen molar-refractivity contribution in [3.63, 3.8) is 0 Å². The molecule has 1 unspecified atom stereocenters. The molecule has 0 fully saturated rings. The average molecular weight is 263 g/mol. The molecule has 0 aliphatic heterocycles. The van der Waals surface area contributed by atoms with Crippen molar-refractivity contribution in [2.75, 3.05) is 0 Å². The van der Waals surface area contributed by atoms with Crippen LogP contribution in [0.2, 0.25) is 0 Å². The molecule has 0 saturated carbocycles. The zero-order valence-electron chi connectivity index (χ0n) is 10.1. The Hall–Kier alpha value is -2.37. The van der Waals surface area contributed by atoms with E-state index in [2.05, 4.69) is 0 Å². The van der Waals surface area contributed by atoms with Gasteiger partial charge >= 0.3 is 11.7 Å². The summed E-state index contributed by atoms with van der Waals surface area (Å²) in [5, 5.41) is 20.0. The van der Waals surface area contributed by atoms with Crippen LogP contribution in [0.3, 0.4) is 0 Å². The summed E-state index contributed by atoms with van der Waals surface area (Å²) in [6.07, 6.45) is 6.02. The molecule has 0 radical (unpaired) electrons. The zero-order chi connectivity index (χ0) is 13.8. The number of aromatic carboxylic acids is 1. The van der Waals surface area contributed by atoms with Gasteiger partial charge in [0.2, 0.25) is 5.75 Å². The lowest BCUT2D eigenvalue weighted by atomic mass is 10.0. The number of rotatable bonds is 4. The van der Waals surface area contributed by atoms with Crippen molar-refractivity contribution < 1.29 is 19.6 Å². The van der Waals surface area contributed by atoms with E-state index in [1.165, 1.54) is 18.2 Å². The summed E-state index contributed by atoms with van der Waals surface area (Å²) < 4.78 is 5.53. The van der Waals surface area contributed by atoms with Gasteiger partial charge < -0.3 is 9.84 Å². The molecule has 1 aromatic carbocycles. The first-order valence-electron chi connectivity index (χ1n) is 5.93. The summed E-state index contributed by atoms with van der Waals surface area (Å²) in [6, 6.07) is 3.89. The molecule has 0 amide bonds. The van der Waals surface area contributed by atoms with Crippen LogP contribution in [0.25, 0.3) is 0 Å². The topological polar surface area (TPSA) is 89.7 Å². The fourth-order valence-electron chi connectivity index (χ4n) is 1.99. The van der Waals surface area contributed by atoms with E-state index in [-0.39, 0.29) is 23.1 Å². The van der Waals surface area contributed by atoms with Crippen LogP contribution in [0.1, 0.15) is 29.6 Å². The maximum Gasteiger partial charge on any atom is 0.339 e. The summed E-state index contributed by atoms with van der Waals surface area (Å²) in [5.74, 6) is -1.41. The molecule has 0 spiro atoms. The number of hydrogen-bond donors (Lipinski definition) is 1. The van der Waals surface area contributed by atoms with Crippen LogP contribution >= 0.6 is 0 Å². The minimum atomic E-state index is -1.24. The first kappa shape index (κ1) is 13.1. The molecule has 0 heterocycles. The number of ether oxygens (including phenoxy) is 1. The SMILES string of the molecule is O=C(O)c1cccc([N+](=O)[O-])c1OC1C=CCCC1. The van der Waals surface area contributed by atoms with Gasteiger partial charge in [0, 0.05) is 6.07 Å². The average Bonchev–Trinajstić information content (AvgIpc) is 2.39. The number of carbonyl (C=O) groups is 1. The monoisotopic (exact) mass is 263 g/mol. The Bertz CT molecular complexity index is 506. The Labute approximate surface area is 109 Å². The van der Waals surface area contributed by atoms with Gasteiger partial charge in [0.05, 0.1) is 4.92 Å². The van der Waals surface area contributed by atoms with Gasteiger partial charge in [-0.15, -0.1) is 0 Å². The zero-order valence-corrected chi connectivity index (χ0v) is 10.1. The predicted molar refractivity (Wildman–Crippen MR) is 67.5 cm³/mol. The van der Waals surface area contributed by atoms with Gasteiger partial charge in [0.25, 0.3) is 0 Å². The number of carboxylic acid groups (broad SMARTS) is 1. The van der Waals surface area contributed by atoms with Gasteiger partial charge in [-0.2, -0.15) is 0 Å². The van der Waals surface area contributed by atoms with Crippen molar-refractivity contribution in [1.29, 1.82) is 0 Å². The van der Waals surface area contributed by atoms with Gasteiger partial charge in [-0.3, -0.25) is 10.1 Å². The van der Waals surface area contributed by atoms with E-state index in [9.17, 15) is 14.9 Å². The van der Waals surface area contributed by atoms with Crippen molar-refractivity contribution in [3.05, 3.63) is 46.0 Å². The quantitative estimate of drug-likeness (QED) is 0.512. The Morgan fingerprint density at radius 2 is 2.26 bits per heavy atom. The number of benzene rings is 1. The third-order valence-electron chi connectivity index (χ3n) is 2.90. The van der Waals surface area contributed by atoms with E-state index in [4.69, 9.17) is 9.84 Å². The number of hydrogen-bond acceptors (Lipinski definition) is 4. The van der Waals surface area contributed by atoms with Crippen molar-refractivity contribution in [1.82, 2.24) is 0 Å². The lowest BCUT2D eigenvalue weighted by Gasteiger charge is -2.19. The Morgan fingerprint density at radius 1 is 1.47 bits per heavy atom. The third kappa shape index (κ3) is 2.90. The van der Waals surface area contributed by atoms with Crippen LogP contribution < -0.4 is 4.74 Å². The second kappa shape index (κ2) is 5.51. The largest absolute Gasteiger partial charge is 0.479 e. The lowest BCUT2D eigenvalue weighted by Crippen LogP contribution is -2.18. The predicted octanol–water partition coefficient (Wildman–Crippen LogP) is 2.78. The van der Waals surface area contributed by atoms with E-state index in [1.807, 2.05) is 12.2 Å². The molecule has 0 saturated heterocycles. The second-order valence-electron chi connectivity index (χ2n) is 4.23. The molecule has 6 heteroatoms. The van der Waals surface area contributed by atoms with E-state index in [0.29, 0.717) is 0 Å². The van der Waals surface area contributed by atoms with Crippen molar-refractivity contribution in [3.8, 4) is 5.75 Å². The highest BCUT2D eigenvalue weighted by Gasteiger charge is 2.25. The molecule has 0 bridgehead atoms. The molecule has 1 N–H and O–H groups in total. The number of nitrogens with zero attached hydrogens (tertiary/aromatic N) is 1. The van der Waals surface area contributed by atoms with Crippen molar-refractivity contribution in [2.24, 2.45) is 0 Å². The van der Waals surface area contributed by atoms with Crippen LogP contribution in [0.15, 0.2) is 30.4 Å². The standard InChI is InChI=1S/C13H13NO5/c15-13(16)10-7-4-8-11(14(17)18)12(10)19-9-5-2-1-3-6-9/h2,4-5,7-9H,1,3,6H2,(H,15,16). The first-order valence-corrected chi connectivity index (χ1v) is 5.93. The minimum Gasteiger partial charge on any atom is -0.479 e. The highest BCUT2D eigenvalue weighted by Crippen LogP contribution is 2.33. The number of carboxylic acids is 1. The Balaban J connectivity index is 2.39. The van der Waals surface area contributed by atoms with Crippen LogP contribution in [0.4, 0.5) is 5.69 Å². The van der Waals surface area contributed by atoms with Crippen LogP contribution in [-0.2, 0) is 0 Å². The normalized spacial score (nSPS) is 18.0.